The minimum absolute atomic E-state index is 0.114. The van der Waals surface area contributed by atoms with Crippen molar-refractivity contribution >= 4 is 77.6 Å². The van der Waals surface area contributed by atoms with Crippen molar-refractivity contribution in [3.63, 3.8) is 0 Å². The van der Waals surface area contributed by atoms with Crippen LogP contribution in [0, 0.1) is 13.8 Å². The van der Waals surface area contributed by atoms with Crippen molar-refractivity contribution in [2.45, 2.75) is 40.0 Å². The number of benzene rings is 13. The molecule has 0 saturated heterocycles. The Hall–Kier alpha value is -10.2. The summed E-state index contributed by atoms with van der Waals surface area (Å²) in [5.41, 5.74) is 26.4. The van der Waals surface area contributed by atoms with E-state index in [0.29, 0.717) is 0 Å². The number of anilines is 6. The molecule has 0 spiro atoms. The zero-order valence-corrected chi connectivity index (χ0v) is 47.3. The Morgan fingerprint density at radius 3 is 1.06 bits per heavy atom. The van der Waals surface area contributed by atoms with E-state index in [1.165, 1.54) is 105 Å². The molecule has 3 nitrogen and oxygen atoms in total. The summed E-state index contributed by atoms with van der Waals surface area (Å²) in [6.45, 7) is 11.2. The minimum atomic E-state index is -0.114. The van der Waals surface area contributed by atoms with Crippen LogP contribution in [0.15, 0.2) is 277 Å². The molecule has 0 atom stereocenters. The molecule has 396 valence electrons. The molecule has 0 amide bonds. The van der Waals surface area contributed by atoms with E-state index < -0.39 is 0 Å². The van der Waals surface area contributed by atoms with E-state index in [9.17, 15) is 0 Å². The highest BCUT2D eigenvalue weighted by Crippen LogP contribution is 2.66. The molecule has 0 fully saturated rings. The maximum atomic E-state index is 7.18. The van der Waals surface area contributed by atoms with Gasteiger partial charge in [-0.2, -0.15) is 0 Å². The predicted octanol–water partition coefficient (Wildman–Crippen LogP) is 23.1. The maximum absolute atomic E-state index is 7.18. The summed E-state index contributed by atoms with van der Waals surface area (Å²) >= 11 is 0. The quantitative estimate of drug-likeness (QED) is 0.136. The fourth-order valence-corrected chi connectivity index (χ4v) is 13.4. The zero-order valence-electron chi connectivity index (χ0n) is 47.3. The topological polar surface area (TPSA) is 19.6 Å². The number of nitrogens with zero attached hydrogens (tertiary/aromatic N) is 2. The van der Waals surface area contributed by atoms with Crippen molar-refractivity contribution in [1.82, 2.24) is 0 Å². The summed E-state index contributed by atoms with van der Waals surface area (Å²) in [5.74, 6) is 0. The third-order valence-corrected chi connectivity index (χ3v) is 17.1. The fraction of sp³-hybridized carbons (Fsp3) is 0.0750. The first-order chi connectivity index (χ1) is 40.7. The van der Waals surface area contributed by atoms with Gasteiger partial charge in [-0.3, -0.25) is 0 Å². The van der Waals surface area contributed by atoms with Crippen LogP contribution in [0.4, 0.5) is 34.1 Å². The molecule has 0 bridgehead atoms. The molecule has 3 heteroatoms. The van der Waals surface area contributed by atoms with Crippen LogP contribution in [-0.4, -0.2) is 0 Å². The van der Waals surface area contributed by atoms with Crippen LogP contribution >= 0.6 is 0 Å². The van der Waals surface area contributed by atoms with Crippen LogP contribution in [0.3, 0.4) is 0 Å². The molecule has 1 aromatic heterocycles. The second kappa shape index (κ2) is 19.8. The van der Waals surface area contributed by atoms with Crippen LogP contribution in [0.25, 0.3) is 110 Å². The van der Waals surface area contributed by atoms with Gasteiger partial charge in [-0.1, -0.05) is 239 Å². The maximum Gasteiger partial charge on any atom is 0.159 e. The summed E-state index contributed by atoms with van der Waals surface area (Å²) in [4.78, 5) is 4.86. The molecule has 0 unspecified atom stereocenters. The summed E-state index contributed by atoms with van der Waals surface area (Å²) in [7, 11) is 0. The van der Waals surface area contributed by atoms with E-state index >= 15 is 0 Å². The molecule has 0 aliphatic heterocycles. The third-order valence-electron chi connectivity index (χ3n) is 17.1. The smallest absolute Gasteiger partial charge is 0.159 e. The zero-order chi connectivity index (χ0) is 55.9. The second-order valence-electron chi connectivity index (χ2n) is 23.2. The van der Waals surface area contributed by atoms with E-state index in [2.05, 4.69) is 317 Å². The van der Waals surface area contributed by atoms with Crippen LogP contribution < -0.4 is 9.80 Å². The predicted molar refractivity (Wildman–Crippen MR) is 352 cm³/mol. The van der Waals surface area contributed by atoms with Gasteiger partial charge in [-0.15, -0.1) is 0 Å². The van der Waals surface area contributed by atoms with Crippen LogP contribution in [0.2, 0.25) is 0 Å². The molecule has 13 aromatic carbocycles. The Balaban J connectivity index is 1.08. The van der Waals surface area contributed by atoms with Crippen molar-refractivity contribution in [3.05, 3.63) is 290 Å². The molecule has 83 heavy (non-hydrogen) atoms. The van der Waals surface area contributed by atoms with Gasteiger partial charge < -0.3 is 14.2 Å². The number of para-hydroxylation sites is 5. The van der Waals surface area contributed by atoms with E-state index in [1.54, 1.807) is 0 Å². The number of hydrogen-bond acceptors (Lipinski definition) is 3. The highest BCUT2D eigenvalue weighted by molar-refractivity contribution is 6.33. The fourth-order valence-electron chi connectivity index (χ4n) is 13.4. The van der Waals surface area contributed by atoms with Crippen molar-refractivity contribution in [2.75, 3.05) is 9.80 Å². The van der Waals surface area contributed by atoms with Gasteiger partial charge in [-0.05, 0) is 173 Å². The van der Waals surface area contributed by atoms with Crippen LogP contribution in [0.5, 0.6) is 0 Å². The number of hydrogen-bond donors (Lipinski definition) is 0. The van der Waals surface area contributed by atoms with Gasteiger partial charge in [0.15, 0.2) is 5.58 Å². The van der Waals surface area contributed by atoms with E-state index in [0.717, 1.165) is 56.1 Å². The van der Waals surface area contributed by atoms with Gasteiger partial charge >= 0.3 is 0 Å². The molecule has 14 aromatic rings. The average Bonchev–Trinajstić information content (AvgIpc) is 1.18. The Morgan fingerprint density at radius 2 is 0.627 bits per heavy atom. The minimum Gasteiger partial charge on any atom is -0.454 e. The highest BCUT2D eigenvalue weighted by atomic mass is 16.3. The first-order valence-corrected chi connectivity index (χ1v) is 28.9. The normalized spacial score (nSPS) is 11.9. The summed E-state index contributed by atoms with van der Waals surface area (Å²) in [6, 6.07) is 100. The van der Waals surface area contributed by atoms with Crippen molar-refractivity contribution in [3.8, 4) is 66.8 Å². The molecule has 1 heterocycles. The molecule has 0 N–H and O–H groups in total. The molecular formula is C80H60N2O. The van der Waals surface area contributed by atoms with Crippen LogP contribution in [-0.2, 0) is 5.41 Å². The summed E-state index contributed by atoms with van der Waals surface area (Å²) in [5, 5.41) is 6.99. The number of furan rings is 1. The van der Waals surface area contributed by atoms with Crippen LogP contribution in [0.1, 0.15) is 37.5 Å². The first kappa shape index (κ1) is 49.8. The van der Waals surface area contributed by atoms with Gasteiger partial charge in [0.25, 0.3) is 0 Å². The van der Waals surface area contributed by atoms with E-state index in [-0.39, 0.29) is 5.41 Å². The van der Waals surface area contributed by atoms with Gasteiger partial charge in [0.05, 0.1) is 5.69 Å². The Morgan fingerprint density at radius 1 is 0.265 bits per heavy atom. The molecule has 15 rings (SSSR count). The summed E-state index contributed by atoms with van der Waals surface area (Å²) < 4.78 is 7.18. The lowest BCUT2D eigenvalue weighted by Gasteiger charge is -2.38. The lowest BCUT2D eigenvalue weighted by atomic mass is 9.65. The SMILES string of the molecule is Cc1ccccc1N(c1ccc2c(-c3ccccc3)c3c(c(-c4ccccc4)c2c1)-c1c-3c(-c2ccccc2)c2cc(N(c3ccccc3)c3cccc4c3oc3c(C(C)(C)C)cccc34)ccc2c1-c1ccccc1)c1ccccc1C. The van der Waals surface area contributed by atoms with Crippen molar-refractivity contribution in [2.24, 2.45) is 0 Å². The monoisotopic (exact) mass is 1060 g/mol. The largest absolute Gasteiger partial charge is 0.454 e. The van der Waals surface area contributed by atoms with Gasteiger partial charge in [0.2, 0.25) is 0 Å². The first-order valence-electron chi connectivity index (χ1n) is 28.9. The molecule has 0 saturated carbocycles. The average molecular weight is 1070 g/mol. The van der Waals surface area contributed by atoms with Crippen molar-refractivity contribution < 1.29 is 4.42 Å². The number of rotatable bonds is 10. The number of fused-ring (bicyclic) bond motifs is 9. The molecule has 0 radical (unpaired) electrons. The third kappa shape index (κ3) is 8.10. The Kier molecular flexibility index (Phi) is 11.9. The van der Waals surface area contributed by atoms with E-state index in [4.69, 9.17) is 4.42 Å². The standard InChI is InChI=1S/C80H60N2O/c1-51-27-21-23-42-67(51)82(68-43-24-22-28-52(68)2)59-46-48-61-65(50-59)73(56-35-17-9-18-36-56)77-74-70(53-29-11-6-12-30-53)60-47-45-58(49-64(60)72(55-33-15-8-16-34-55)76(74)75(77)71(61)54-31-13-7-14-32-54)81(57-37-19-10-20-38-57)69-44-26-40-63-62-39-25-41-66(80(3,4)5)78(62)83-79(63)69/h6-50H,1-5H3. The number of aryl methyl sites for hydroxylation is 2. The van der Waals surface area contributed by atoms with Gasteiger partial charge in [0, 0.05) is 44.8 Å². The van der Waals surface area contributed by atoms with Gasteiger partial charge in [-0.25, -0.2) is 0 Å². The second-order valence-corrected chi connectivity index (χ2v) is 23.2. The Bertz CT molecular complexity index is 4780. The summed E-state index contributed by atoms with van der Waals surface area (Å²) in [6.07, 6.45) is 0. The van der Waals surface area contributed by atoms with E-state index in [1.807, 2.05) is 0 Å². The lowest BCUT2D eigenvalue weighted by Crippen LogP contribution is -2.13. The molecule has 1 aliphatic carbocycles. The highest BCUT2D eigenvalue weighted by Gasteiger charge is 2.39. The Labute approximate surface area is 485 Å². The molecular weight excluding hydrogens is 1000 g/mol. The van der Waals surface area contributed by atoms with Gasteiger partial charge in [0.1, 0.15) is 5.58 Å². The van der Waals surface area contributed by atoms with Crippen molar-refractivity contribution in [1.29, 1.82) is 0 Å². The lowest BCUT2D eigenvalue weighted by molar-refractivity contribution is 0.573. The molecule has 1 aliphatic rings.